The Kier molecular flexibility index (Phi) is 3.22. The van der Waals surface area contributed by atoms with Crippen LogP contribution in [0.25, 0.3) is 11.0 Å². The number of benzene rings is 2. The van der Waals surface area contributed by atoms with Crippen molar-refractivity contribution >= 4 is 32.9 Å². The molecule has 0 saturated carbocycles. The molecule has 2 aromatic carbocycles. The molecular formula is C15H13BrFN3. The van der Waals surface area contributed by atoms with Gasteiger partial charge in [-0.3, -0.25) is 0 Å². The molecule has 1 unspecified atom stereocenters. The van der Waals surface area contributed by atoms with E-state index in [2.05, 4.69) is 20.9 Å². The predicted molar refractivity (Wildman–Crippen MR) is 82.1 cm³/mol. The van der Waals surface area contributed by atoms with Gasteiger partial charge in [-0.2, -0.15) is 0 Å². The second kappa shape index (κ2) is 4.90. The molecule has 102 valence electrons. The van der Waals surface area contributed by atoms with E-state index in [1.807, 2.05) is 35.8 Å². The van der Waals surface area contributed by atoms with E-state index in [9.17, 15) is 4.39 Å². The largest absolute Gasteiger partial charge is 0.369 e. The molecule has 20 heavy (non-hydrogen) atoms. The van der Waals surface area contributed by atoms with Gasteiger partial charge < -0.3 is 10.3 Å². The lowest BCUT2D eigenvalue weighted by molar-refractivity contribution is 0.612. The lowest BCUT2D eigenvalue weighted by Crippen LogP contribution is -2.10. The number of fused-ring (bicyclic) bond motifs is 1. The van der Waals surface area contributed by atoms with Crippen molar-refractivity contribution in [3.8, 4) is 0 Å². The van der Waals surface area contributed by atoms with E-state index in [-0.39, 0.29) is 11.9 Å². The van der Waals surface area contributed by atoms with Crippen molar-refractivity contribution in [1.82, 2.24) is 9.55 Å². The van der Waals surface area contributed by atoms with E-state index in [0.29, 0.717) is 5.95 Å². The van der Waals surface area contributed by atoms with Crippen LogP contribution in [0, 0.1) is 5.82 Å². The zero-order chi connectivity index (χ0) is 14.3. The summed E-state index contributed by atoms with van der Waals surface area (Å²) in [5, 5.41) is 0. The summed E-state index contributed by atoms with van der Waals surface area (Å²) in [5.74, 6) is 0.176. The van der Waals surface area contributed by atoms with Crippen LogP contribution in [0.5, 0.6) is 0 Å². The summed E-state index contributed by atoms with van der Waals surface area (Å²) < 4.78 is 16.2. The first-order chi connectivity index (χ1) is 9.56. The molecule has 3 aromatic rings. The van der Waals surface area contributed by atoms with Crippen LogP contribution in [0.15, 0.2) is 46.9 Å². The molecule has 1 heterocycles. The van der Waals surface area contributed by atoms with Crippen molar-refractivity contribution in [2.45, 2.75) is 13.0 Å². The lowest BCUT2D eigenvalue weighted by Gasteiger charge is -2.16. The summed E-state index contributed by atoms with van der Waals surface area (Å²) in [5.41, 5.74) is 8.64. The Balaban J connectivity index is 2.16. The number of aromatic nitrogens is 2. The Bertz CT molecular complexity index is 782. The number of anilines is 1. The Morgan fingerprint density at radius 1 is 1.25 bits per heavy atom. The fourth-order valence-corrected chi connectivity index (χ4v) is 2.76. The van der Waals surface area contributed by atoms with E-state index in [4.69, 9.17) is 5.73 Å². The van der Waals surface area contributed by atoms with Gasteiger partial charge in [0, 0.05) is 4.47 Å². The van der Waals surface area contributed by atoms with Gasteiger partial charge >= 0.3 is 0 Å². The molecule has 0 aliphatic heterocycles. The maximum Gasteiger partial charge on any atom is 0.201 e. The third-order valence-electron chi connectivity index (χ3n) is 3.40. The molecule has 1 aromatic heterocycles. The van der Waals surface area contributed by atoms with Gasteiger partial charge in [0.1, 0.15) is 5.82 Å². The average molecular weight is 334 g/mol. The molecule has 1 atom stereocenters. The standard InChI is InChI=1S/C15H13BrFN3/c1-9(10-3-2-4-12(17)7-10)20-14-6-5-11(16)8-13(14)19-15(20)18/h2-9H,1H3,(H2,18,19). The van der Waals surface area contributed by atoms with Crippen molar-refractivity contribution in [2.24, 2.45) is 0 Å². The Morgan fingerprint density at radius 3 is 2.80 bits per heavy atom. The van der Waals surface area contributed by atoms with E-state index in [1.165, 1.54) is 12.1 Å². The van der Waals surface area contributed by atoms with Crippen LogP contribution >= 0.6 is 15.9 Å². The van der Waals surface area contributed by atoms with E-state index in [1.54, 1.807) is 6.07 Å². The van der Waals surface area contributed by atoms with Crippen LogP contribution in [-0.2, 0) is 0 Å². The van der Waals surface area contributed by atoms with Crippen molar-refractivity contribution in [3.63, 3.8) is 0 Å². The molecule has 0 spiro atoms. The average Bonchev–Trinajstić information content (AvgIpc) is 2.73. The molecule has 0 fully saturated rings. The van der Waals surface area contributed by atoms with Crippen molar-refractivity contribution in [3.05, 3.63) is 58.3 Å². The molecule has 0 saturated heterocycles. The SMILES string of the molecule is CC(c1cccc(F)c1)n1c(N)nc2cc(Br)ccc21. The first kappa shape index (κ1) is 13.1. The second-order valence-corrected chi connectivity index (χ2v) is 5.62. The van der Waals surface area contributed by atoms with Gasteiger partial charge in [-0.05, 0) is 42.8 Å². The fourth-order valence-electron chi connectivity index (χ4n) is 2.41. The molecule has 2 N–H and O–H groups in total. The van der Waals surface area contributed by atoms with E-state index in [0.717, 1.165) is 21.1 Å². The van der Waals surface area contributed by atoms with Crippen molar-refractivity contribution in [2.75, 3.05) is 5.73 Å². The van der Waals surface area contributed by atoms with Gasteiger partial charge in [0.15, 0.2) is 0 Å². The Hall–Kier alpha value is -1.88. The molecule has 5 heteroatoms. The quantitative estimate of drug-likeness (QED) is 0.766. The highest BCUT2D eigenvalue weighted by Gasteiger charge is 2.16. The van der Waals surface area contributed by atoms with Crippen LogP contribution < -0.4 is 5.73 Å². The lowest BCUT2D eigenvalue weighted by atomic mass is 10.1. The van der Waals surface area contributed by atoms with Crippen LogP contribution in [0.1, 0.15) is 18.5 Å². The van der Waals surface area contributed by atoms with Crippen LogP contribution in [0.3, 0.4) is 0 Å². The van der Waals surface area contributed by atoms with E-state index >= 15 is 0 Å². The van der Waals surface area contributed by atoms with Crippen LogP contribution in [0.4, 0.5) is 10.3 Å². The predicted octanol–water partition coefficient (Wildman–Crippen LogP) is 4.13. The Morgan fingerprint density at radius 2 is 2.05 bits per heavy atom. The van der Waals surface area contributed by atoms with Crippen molar-refractivity contribution in [1.29, 1.82) is 0 Å². The molecule has 3 nitrogen and oxygen atoms in total. The first-order valence-corrected chi connectivity index (χ1v) is 7.04. The highest BCUT2D eigenvalue weighted by molar-refractivity contribution is 9.10. The van der Waals surface area contributed by atoms with Crippen LogP contribution in [0.2, 0.25) is 0 Å². The second-order valence-electron chi connectivity index (χ2n) is 4.70. The van der Waals surface area contributed by atoms with Gasteiger partial charge in [0.2, 0.25) is 5.95 Å². The van der Waals surface area contributed by atoms with E-state index < -0.39 is 0 Å². The molecule has 0 aliphatic rings. The monoisotopic (exact) mass is 333 g/mol. The number of hydrogen-bond donors (Lipinski definition) is 1. The molecule has 0 amide bonds. The first-order valence-electron chi connectivity index (χ1n) is 6.24. The zero-order valence-electron chi connectivity index (χ0n) is 10.8. The number of nitrogens with two attached hydrogens (primary N) is 1. The molecule has 0 aliphatic carbocycles. The summed E-state index contributed by atoms with van der Waals surface area (Å²) in [6.45, 7) is 1.98. The molecular weight excluding hydrogens is 321 g/mol. The minimum absolute atomic E-state index is 0.0862. The van der Waals surface area contributed by atoms with Gasteiger partial charge in [0.05, 0.1) is 17.1 Å². The molecule has 3 rings (SSSR count). The number of nitrogens with zero attached hydrogens (tertiary/aromatic N) is 2. The Labute approximate surface area is 124 Å². The van der Waals surface area contributed by atoms with Gasteiger partial charge in [-0.15, -0.1) is 0 Å². The minimum atomic E-state index is -0.250. The maximum absolute atomic E-state index is 13.4. The van der Waals surface area contributed by atoms with Crippen molar-refractivity contribution < 1.29 is 4.39 Å². The fraction of sp³-hybridized carbons (Fsp3) is 0.133. The molecule has 0 bridgehead atoms. The van der Waals surface area contributed by atoms with Gasteiger partial charge in [0.25, 0.3) is 0 Å². The third kappa shape index (κ3) is 2.18. The zero-order valence-corrected chi connectivity index (χ0v) is 12.4. The smallest absolute Gasteiger partial charge is 0.201 e. The topological polar surface area (TPSA) is 43.8 Å². The summed E-state index contributed by atoms with van der Waals surface area (Å²) >= 11 is 3.42. The maximum atomic E-state index is 13.4. The van der Waals surface area contributed by atoms with Gasteiger partial charge in [-0.25, -0.2) is 9.37 Å². The number of halogens is 2. The minimum Gasteiger partial charge on any atom is -0.369 e. The normalized spacial score (nSPS) is 12.8. The molecule has 0 radical (unpaired) electrons. The highest BCUT2D eigenvalue weighted by atomic mass is 79.9. The van der Waals surface area contributed by atoms with Crippen LogP contribution in [-0.4, -0.2) is 9.55 Å². The van der Waals surface area contributed by atoms with Gasteiger partial charge in [-0.1, -0.05) is 28.1 Å². The third-order valence-corrected chi connectivity index (χ3v) is 3.89. The number of hydrogen-bond acceptors (Lipinski definition) is 2. The highest BCUT2D eigenvalue weighted by Crippen LogP contribution is 2.29. The summed E-state index contributed by atoms with van der Waals surface area (Å²) in [4.78, 5) is 4.36. The number of rotatable bonds is 2. The summed E-state index contributed by atoms with van der Waals surface area (Å²) in [6, 6.07) is 12.3. The summed E-state index contributed by atoms with van der Waals surface area (Å²) in [6.07, 6.45) is 0. The number of imidazole rings is 1. The number of nitrogen functional groups attached to an aromatic ring is 1. The summed E-state index contributed by atoms with van der Waals surface area (Å²) in [7, 11) is 0.